The lowest BCUT2D eigenvalue weighted by atomic mass is 10.1. The van der Waals surface area contributed by atoms with E-state index >= 15 is 0 Å². The summed E-state index contributed by atoms with van der Waals surface area (Å²) in [5, 5.41) is 5.03. The van der Waals surface area contributed by atoms with Crippen molar-refractivity contribution >= 4 is 22.9 Å². The second-order valence-electron chi connectivity index (χ2n) is 8.94. The second kappa shape index (κ2) is 11.1. The van der Waals surface area contributed by atoms with Gasteiger partial charge in [0.2, 0.25) is 0 Å². The van der Waals surface area contributed by atoms with E-state index in [2.05, 4.69) is 10.2 Å². The number of hydrogen-bond acceptors (Lipinski definition) is 5. The highest BCUT2D eigenvalue weighted by Crippen LogP contribution is 2.26. The Hall–Kier alpha value is -3.46. The molecule has 1 amide bonds. The summed E-state index contributed by atoms with van der Waals surface area (Å²) in [5.74, 6) is -0.290. The number of ether oxygens (including phenoxy) is 1. The molecule has 1 aliphatic heterocycles. The fraction of sp³-hybridized carbons (Fsp3) is 0.286. The number of morpholine rings is 1. The lowest BCUT2D eigenvalue weighted by Crippen LogP contribution is -2.40. The molecule has 1 N–H and O–H groups in total. The smallest absolute Gasteiger partial charge is 0.329 e. The van der Waals surface area contributed by atoms with Gasteiger partial charge in [-0.3, -0.25) is 18.8 Å². The van der Waals surface area contributed by atoms with Crippen LogP contribution in [0.3, 0.4) is 0 Å². The van der Waals surface area contributed by atoms with Gasteiger partial charge in [-0.25, -0.2) is 4.79 Å². The maximum absolute atomic E-state index is 13.9. The van der Waals surface area contributed by atoms with Crippen molar-refractivity contribution < 1.29 is 9.53 Å². The van der Waals surface area contributed by atoms with Crippen molar-refractivity contribution in [1.29, 1.82) is 0 Å². The van der Waals surface area contributed by atoms with Crippen LogP contribution < -0.4 is 11.0 Å². The van der Waals surface area contributed by atoms with E-state index in [4.69, 9.17) is 4.74 Å². The van der Waals surface area contributed by atoms with Gasteiger partial charge in [-0.2, -0.15) is 0 Å². The topological polar surface area (TPSA) is 68.5 Å². The molecule has 0 radical (unpaired) electrons. The van der Waals surface area contributed by atoms with E-state index in [0.29, 0.717) is 49.9 Å². The maximum atomic E-state index is 13.9. The molecular formula is C28H30N4O3S. The molecule has 1 aliphatic rings. The van der Waals surface area contributed by atoms with E-state index in [9.17, 15) is 9.59 Å². The number of anilines is 1. The summed E-state index contributed by atoms with van der Waals surface area (Å²) >= 11 is 1.60. The number of aromatic nitrogens is 2. The van der Waals surface area contributed by atoms with E-state index in [1.807, 2.05) is 79.0 Å². The van der Waals surface area contributed by atoms with Crippen molar-refractivity contribution in [1.82, 2.24) is 14.0 Å². The lowest BCUT2D eigenvalue weighted by Gasteiger charge is -2.26. The first kappa shape index (κ1) is 24.2. The van der Waals surface area contributed by atoms with Gasteiger partial charge in [-0.05, 0) is 30.5 Å². The van der Waals surface area contributed by atoms with Gasteiger partial charge in [-0.1, -0.05) is 54.1 Å². The van der Waals surface area contributed by atoms with Crippen molar-refractivity contribution in [3.63, 3.8) is 0 Å². The summed E-state index contributed by atoms with van der Waals surface area (Å²) in [4.78, 5) is 31.0. The predicted octanol–water partition coefficient (Wildman–Crippen LogP) is 4.32. The molecule has 8 heteroatoms. The van der Waals surface area contributed by atoms with Crippen LogP contribution in [0, 0.1) is 6.92 Å². The number of carbonyl (C=O) groups excluding carboxylic acids is 1. The minimum Gasteiger partial charge on any atom is -0.379 e. The third kappa shape index (κ3) is 5.36. The number of benzene rings is 2. The van der Waals surface area contributed by atoms with Crippen LogP contribution in [0.4, 0.5) is 5.69 Å². The Morgan fingerprint density at radius 1 is 0.944 bits per heavy atom. The number of hydrogen-bond donors (Lipinski definition) is 1. The van der Waals surface area contributed by atoms with Crippen LogP contribution in [0.5, 0.6) is 0 Å². The number of thiophene rings is 1. The van der Waals surface area contributed by atoms with E-state index in [1.165, 1.54) is 0 Å². The zero-order valence-electron chi connectivity index (χ0n) is 20.4. The molecule has 1 fully saturated rings. The highest BCUT2D eigenvalue weighted by Gasteiger charge is 2.27. The number of nitrogens with zero attached hydrogens (tertiary/aromatic N) is 3. The molecule has 0 saturated carbocycles. The molecule has 36 heavy (non-hydrogen) atoms. The second-order valence-corrected chi connectivity index (χ2v) is 9.97. The molecule has 7 nitrogen and oxygen atoms in total. The molecule has 0 bridgehead atoms. The average molecular weight is 503 g/mol. The van der Waals surface area contributed by atoms with Crippen molar-refractivity contribution in [3.05, 3.63) is 98.7 Å². The fourth-order valence-corrected chi connectivity index (χ4v) is 5.21. The largest absolute Gasteiger partial charge is 0.379 e. The fourth-order valence-electron chi connectivity index (χ4n) is 4.52. The molecule has 4 aromatic rings. The zero-order valence-corrected chi connectivity index (χ0v) is 21.2. The first-order chi connectivity index (χ1) is 17.6. The van der Waals surface area contributed by atoms with Gasteiger partial charge < -0.3 is 10.1 Å². The van der Waals surface area contributed by atoms with Crippen LogP contribution in [-0.2, 0) is 17.8 Å². The van der Waals surface area contributed by atoms with Crippen LogP contribution in [-0.4, -0.2) is 52.8 Å². The van der Waals surface area contributed by atoms with Gasteiger partial charge in [0.15, 0.2) is 0 Å². The molecular weight excluding hydrogens is 472 g/mol. The maximum Gasteiger partial charge on any atom is 0.329 e. The van der Waals surface area contributed by atoms with E-state index in [-0.39, 0.29) is 11.6 Å². The SMILES string of the molecule is Cc1ccc(NC(=O)c2c(-c3ccccc3)n(Cc3cccs3)c(=O)n2CCN2CCOCC2)cc1. The summed E-state index contributed by atoms with van der Waals surface area (Å²) in [6.45, 7) is 6.53. The number of carbonyl (C=O) groups is 1. The summed E-state index contributed by atoms with van der Waals surface area (Å²) in [7, 11) is 0. The summed E-state index contributed by atoms with van der Waals surface area (Å²) in [5.41, 5.74) is 3.50. The quantitative estimate of drug-likeness (QED) is 0.390. The predicted molar refractivity (Wildman–Crippen MR) is 144 cm³/mol. The normalized spacial score (nSPS) is 14.1. The van der Waals surface area contributed by atoms with Gasteiger partial charge >= 0.3 is 5.69 Å². The van der Waals surface area contributed by atoms with Crippen LogP contribution in [0.25, 0.3) is 11.3 Å². The van der Waals surface area contributed by atoms with E-state index < -0.39 is 0 Å². The van der Waals surface area contributed by atoms with Crippen molar-refractivity contribution in [2.45, 2.75) is 20.0 Å². The number of amides is 1. The number of rotatable bonds is 8. The summed E-state index contributed by atoms with van der Waals surface area (Å²) in [6.07, 6.45) is 0. The Morgan fingerprint density at radius 3 is 2.39 bits per heavy atom. The Kier molecular flexibility index (Phi) is 7.46. The molecule has 1 saturated heterocycles. The van der Waals surface area contributed by atoms with E-state index in [0.717, 1.165) is 29.1 Å². The van der Waals surface area contributed by atoms with Crippen LogP contribution >= 0.6 is 11.3 Å². The van der Waals surface area contributed by atoms with Crippen molar-refractivity contribution in [2.24, 2.45) is 0 Å². The first-order valence-corrected chi connectivity index (χ1v) is 13.1. The molecule has 5 rings (SSSR count). The molecule has 0 unspecified atom stereocenters. The highest BCUT2D eigenvalue weighted by molar-refractivity contribution is 7.09. The molecule has 3 heterocycles. The first-order valence-electron chi connectivity index (χ1n) is 12.2. The number of imidazole rings is 1. The van der Waals surface area contributed by atoms with Crippen molar-refractivity contribution in [3.8, 4) is 11.3 Å². The average Bonchev–Trinajstić information content (AvgIpc) is 3.52. The Labute approximate surface area is 214 Å². The van der Waals surface area contributed by atoms with E-state index in [1.54, 1.807) is 20.5 Å². The standard InChI is InChI=1S/C28H30N4O3S/c1-21-9-11-23(12-10-21)29-27(33)26-25(22-6-3-2-4-7-22)32(20-24-8-5-19-36-24)28(34)31(26)14-13-30-15-17-35-18-16-30/h2-12,19H,13-18,20H2,1H3,(H,29,33). The minimum absolute atomic E-state index is 0.176. The van der Waals surface area contributed by atoms with Gasteiger partial charge in [0.1, 0.15) is 5.69 Å². The molecule has 2 aromatic heterocycles. The molecule has 0 aliphatic carbocycles. The molecule has 0 spiro atoms. The monoisotopic (exact) mass is 502 g/mol. The summed E-state index contributed by atoms with van der Waals surface area (Å²) < 4.78 is 8.86. The molecule has 0 atom stereocenters. The lowest BCUT2D eigenvalue weighted by molar-refractivity contribution is 0.0361. The molecule has 2 aromatic carbocycles. The molecule has 186 valence electrons. The van der Waals surface area contributed by atoms with Gasteiger partial charge in [-0.15, -0.1) is 11.3 Å². The highest BCUT2D eigenvalue weighted by atomic mass is 32.1. The summed E-state index contributed by atoms with van der Waals surface area (Å²) in [6, 6.07) is 21.4. The number of aryl methyl sites for hydroxylation is 1. The van der Waals surface area contributed by atoms with Gasteiger partial charge in [0.25, 0.3) is 5.91 Å². The van der Waals surface area contributed by atoms with Gasteiger partial charge in [0.05, 0.1) is 25.5 Å². The Morgan fingerprint density at radius 2 is 1.69 bits per heavy atom. The number of nitrogens with one attached hydrogen (secondary N) is 1. The third-order valence-corrected chi connectivity index (χ3v) is 7.30. The minimum atomic E-state index is -0.290. The Bertz CT molecular complexity index is 1350. The van der Waals surface area contributed by atoms with Crippen molar-refractivity contribution in [2.75, 3.05) is 38.2 Å². The van der Waals surface area contributed by atoms with Crippen LogP contribution in [0.15, 0.2) is 76.9 Å². The third-order valence-electron chi connectivity index (χ3n) is 6.44. The zero-order chi connectivity index (χ0) is 24.9. The Balaban J connectivity index is 1.60. The van der Waals surface area contributed by atoms with Gasteiger partial charge in [0, 0.05) is 42.3 Å². The van der Waals surface area contributed by atoms with Crippen LogP contribution in [0.1, 0.15) is 20.9 Å². The van der Waals surface area contributed by atoms with Crippen LogP contribution in [0.2, 0.25) is 0 Å².